The first kappa shape index (κ1) is 31.2. The lowest BCUT2D eigenvalue weighted by Gasteiger charge is -2.30. The number of rotatable bonds is 2. The van der Waals surface area contributed by atoms with Gasteiger partial charge in [-0.1, -0.05) is 11.6 Å². The lowest BCUT2D eigenvalue weighted by Crippen LogP contribution is -2.38. The number of imidazole rings is 2. The van der Waals surface area contributed by atoms with E-state index in [4.69, 9.17) is 54.3 Å². The van der Waals surface area contributed by atoms with Crippen molar-refractivity contribution in [1.82, 2.24) is 29.1 Å². The molecule has 16 nitrogen and oxygen atoms in total. The molecule has 0 bridgehead atoms. The number of aromatic amines is 1. The first-order chi connectivity index (χ1) is 21.3. The van der Waals surface area contributed by atoms with Crippen LogP contribution in [0.15, 0.2) is 35.9 Å². The number of H-pyrrole nitrogens is 1. The van der Waals surface area contributed by atoms with Crippen molar-refractivity contribution < 1.29 is 46.2 Å². The van der Waals surface area contributed by atoms with E-state index in [1.165, 1.54) is 10.9 Å². The second kappa shape index (κ2) is 11.4. The predicted molar refractivity (Wildman–Crippen MR) is 155 cm³/mol. The number of aliphatic hydroxyl groups is 1. The van der Waals surface area contributed by atoms with Gasteiger partial charge in [-0.05, 0) is 24.6 Å². The zero-order chi connectivity index (χ0) is 31.8. The highest BCUT2D eigenvalue weighted by molar-refractivity contribution is 7.79. The molecule has 0 aliphatic carbocycles. The number of alkyl halides is 1. The molecule has 0 spiro atoms. The van der Waals surface area contributed by atoms with Crippen molar-refractivity contribution in [3.63, 3.8) is 0 Å². The maximum atomic E-state index is 15.9. The van der Waals surface area contributed by atoms with E-state index in [1.54, 1.807) is 19.1 Å². The molecule has 3 aromatic heterocycles. The quantitative estimate of drug-likeness (QED) is 0.231. The van der Waals surface area contributed by atoms with Gasteiger partial charge in [-0.25, -0.2) is 19.3 Å². The second-order valence-electron chi connectivity index (χ2n) is 10.7. The monoisotopic (exact) mass is 680 g/mol. The van der Waals surface area contributed by atoms with Crippen molar-refractivity contribution >= 4 is 63.9 Å². The Hall–Kier alpha value is -2.43. The Labute approximate surface area is 260 Å². The van der Waals surface area contributed by atoms with Crippen LogP contribution in [0.2, 0.25) is 5.02 Å². The van der Waals surface area contributed by atoms with Crippen LogP contribution < -0.4 is 5.56 Å². The van der Waals surface area contributed by atoms with E-state index in [-0.39, 0.29) is 11.2 Å². The maximum Gasteiger partial charge on any atom is 0.278 e. The molecule has 4 unspecified atom stereocenters. The zero-order valence-electron chi connectivity index (χ0n) is 23.1. The molecule has 4 radical (unpaired) electrons. The SMILES string of the molecule is [B]P1(=O)OC[C@H]2O[C@@H](n3cnc4c(=O)[nH]cnc43)C(F)[C@H]2OP([B])(=O)OC[C@H]2O[C@@H](n3cnc4cc(Cl)c(C)cc43)[C@@H](O)C2O1. The molecule has 3 fully saturated rings. The number of aromatic nitrogens is 6. The third kappa shape index (κ3) is 5.63. The largest absolute Gasteiger partial charge is 0.386 e. The number of hydrogen-bond donors (Lipinski definition) is 2. The Morgan fingerprint density at radius 1 is 1.00 bits per heavy atom. The number of ether oxygens (including phenoxy) is 2. The molecule has 0 amide bonds. The fraction of sp³-hybridized carbons (Fsp3) is 0.478. The van der Waals surface area contributed by atoms with E-state index in [0.29, 0.717) is 16.1 Å². The second-order valence-corrected chi connectivity index (χ2v) is 14.2. The number of nitrogens with zero attached hydrogens (tertiary/aromatic N) is 5. The zero-order valence-corrected chi connectivity index (χ0v) is 25.6. The fourth-order valence-electron chi connectivity index (χ4n) is 5.55. The number of hydrogen-bond acceptors (Lipinski definition) is 13. The Morgan fingerprint density at radius 3 is 2.38 bits per heavy atom. The molecule has 234 valence electrons. The summed E-state index contributed by atoms with van der Waals surface area (Å²) in [7, 11) is 2.68. The van der Waals surface area contributed by atoms with Crippen LogP contribution >= 0.6 is 26.5 Å². The van der Waals surface area contributed by atoms with E-state index in [2.05, 4.69) is 19.9 Å². The van der Waals surface area contributed by atoms with Gasteiger partial charge in [-0.15, -0.1) is 0 Å². The number of nitrogens with one attached hydrogen (secondary N) is 1. The van der Waals surface area contributed by atoms with Crippen molar-refractivity contribution in [3.8, 4) is 0 Å². The average molecular weight is 680 g/mol. The van der Waals surface area contributed by atoms with Crippen LogP contribution in [0.4, 0.5) is 4.39 Å². The number of aryl methyl sites for hydroxylation is 1. The van der Waals surface area contributed by atoms with Gasteiger partial charge < -0.3 is 42.2 Å². The van der Waals surface area contributed by atoms with Crippen molar-refractivity contribution in [1.29, 1.82) is 0 Å². The fourth-order valence-corrected chi connectivity index (χ4v) is 7.73. The summed E-state index contributed by atoms with van der Waals surface area (Å²) in [5, 5.41) is 11.8. The summed E-state index contributed by atoms with van der Waals surface area (Å²) in [5.41, 5.74) is 1.12. The van der Waals surface area contributed by atoms with Crippen LogP contribution in [0.5, 0.6) is 0 Å². The lowest BCUT2D eigenvalue weighted by molar-refractivity contribution is -0.0557. The normalized spacial score (nSPS) is 37.7. The molecule has 22 heteroatoms. The average Bonchev–Trinajstić information content (AvgIpc) is 3.73. The molecule has 0 saturated carbocycles. The summed E-state index contributed by atoms with van der Waals surface area (Å²) in [5.74, 6) is 0. The minimum absolute atomic E-state index is 0.0120. The van der Waals surface area contributed by atoms with Gasteiger partial charge >= 0.3 is 0 Å². The van der Waals surface area contributed by atoms with Gasteiger partial charge in [-0.3, -0.25) is 18.5 Å². The van der Waals surface area contributed by atoms with Crippen molar-refractivity contribution in [2.24, 2.45) is 0 Å². The van der Waals surface area contributed by atoms with Crippen LogP contribution in [0.1, 0.15) is 18.0 Å². The third-order valence-corrected chi connectivity index (χ3v) is 10.2. The predicted octanol–water partition coefficient (Wildman–Crippen LogP) is 2.00. The van der Waals surface area contributed by atoms with Crippen molar-refractivity contribution in [2.75, 3.05) is 13.2 Å². The van der Waals surface area contributed by atoms with Crippen molar-refractivity contribution in [2.45, 2.75) is 56.1 Å². The van der Waals surface area contributed by atoms with E-state index >= 15 is 4.39 Å². The summed E-state index contributed by atoms with van der Waals surface area (Å²) in [6.45, 7) is 0.468. The van der Waals surface area contributed by atoms with E-state index in [0.717, 1.165) is 22.8 Å². The molecule has 7 rings (SSSR count). The van der Waals surface area contributed by atoms with Crippen LogP contribution in [0, 0.1) is 6.92 Å². The van der Waals surface area contributed by atoms with Gasteiger partial charge in [0.25, 0.3) is 20.5 Å². The number of halogens is 2. The molecule has 1 aromatic carbocycles. The van der Waals surface area contributed by atoms with Gasteiger partial charge in [0, 0.05) is 5.02 Å². The number of aliphatic hydroxyl groups excluding tert-OH is 1. The molecular formula is C23H22B2ClFN6O10P2. The minimum atomic E-state index is -4.56. The van der Waals surface area contributed by atoms with Gasteiger partial charge in [0.05, 0.1) is 43.2 Å². The standard InChI is InChI=1S/C23H22B2ClFN6O10P2/c1-9-2-12-11(3-10(9)26)30-7-32(12)23-17(34)19-14(41-23)5-39-44(24,36)42-18-13(4-38-45(25,37)43-19)40-22(15(18)27)33-8-31-16-20(33)28-6-29-21(16)35/h2-3,6-8,13-15,17-19,22-23,34H,4-5H2,1H3,(H,28,29,35)/t13-,14-,15?,17+,18+,19?,22-,23-,44?,45?/m1/s1. The summed E-state index contributed by atoms with van der Waals surface area (Å²) in [6.07, 6.45) is -8.47. The maximum absolute atomic E-state index is 15.9. The smallest absolute Gasteiger partial charge is 0.278 e. The first-order valence-electron chi connectivity index (χ1n) is 13.4. The van der Waals surface area contributed by atoms with Gasteiger partial charge in [-0.2, -0.15) is 0 Å². The summed E-state index contributed by atoms with van der Waals surface area (Å²) < 4.78 is 78.7. The van der Waals surface area contributed by atoms with Crippen LogP contribution in [-0.4, -0.2) is 99.2 Å². The highest BCUT2D eigenvalue weighted by Gasteiger charge is 2.53. The highest BCUT2D eigenvalue weighted by atomic mass is 35.5. The van der Waals surface area contributed by atoms with E-state index < -0.39 is 82.9 Å². The molecule has 10 atom stereocenters. The molecule has 4 aromatic rings. The molecule has 3 aliphatic heterocycles. The Bertz CT molecular complexity index is 1950. The highest BCUT2D eigenvalue weighted by Crippen LogP contribution is 2.53. The van der Waals surface area contributed by atoms with Gasteiger partial charge in [0.1, 0.15) is 30.5 Å². The summed E-state index contributed by atoms with van der Waals surface area (Å²) >= 11 is 6.22. The molecular weight excluding hydrogens is 658 g/mol. The molecule has 3 saturated heterocycles. The van der Waals surface area contributed by atoms with Gasteiger partial charge in [0.15, 0.2) is 29.8 Å². The molecule has 45 heavy (non-hydrogen) atoms. The Kier molecular flexibility index (Phi) is 7.88. The number of fused-ring (bicyclic) bond motifs is 4. The van der Waals surface area contributed by atoms with Crippen molar-refractivity contribution in [3.05, 3.63) is 52.1 Å². The Balaban J connectivity index is 1.17. The molecule has 2 N–H and O–H groups in total. The molecule has 3 aliphatic rings. The van der Waals surface area contributed by atoms with Crippen LogP contribution in [0.25, 0.3) is 22.2 Å². The van der Waals surface area contributed by atoms with E-state index in [9.17, 15) is 19.0 Å². The molecule has 6 heterocycles. The summed E-state index contributed by atoms with van der Waals surface area (Å²) in [6, 6.07) is 3.38. The topological polar surface area (TPSA) is 191 Å². The van der Waals surface area contributed by atoms with Gasteiger partial charge in [0.2, 0.25) is 15.1 Å². The van der Waals surface area contributed by atoms with Crippen LogP contribution in [-0.2, 0) is 36.7 Å². The lowest BCUT2D eigenvalue weighted by atomic mass is 10.1. The minimum Gasteiger partial charge on any atom is -0.386 e. The van der Waals surface area contributed by atoms with E-state index in [1.807, 2.05) is 0 Å². The summed E-state index contributed by atoms with van der Waals surface area (Å²) in [4.78, 5) is 26.7. The third-order valence-electron chi connectivity index (χ3n) is 7.72. The first-order valence-corrected chi connectivity index (χ1v) is 17.0. The van der Waals surface area contributed by atoms with Crippen LogP contribution in [0.3, 0.4) is 0 Å². The number of benzene rings is 1. The Morgan fingerprint density at radius 2 is 1.64 bits per heavy atom.